The fourth-order valence-electron chi connectivity index (χ4n) is 3.52. The van der Waals surface area contributed by atoms with Gasteiger partial charge in [0.1, 0.15) is 0 Å². The molecule has 0 spiro atoms. The van der Waals surface area contributed by atoms with Crippen molar-refractivity contribution >= 4 is 22.4 Å². The molecule has 2 heterocycles. The number of piperazine rings is 1. The average molecular weight is 296 g/mol. The predicted octanol–water partition coefficient (Wildman–Crippen LogP) is 1.52. The van der Waals surface area contributed by atoms with Gasteiger partial charge in [0, 0.05) is 42.6 Å². The van der Waals surface area contributed by atoms with E-state index in [9.17, 15) is 4.79 Å². The SMILES string of the molecule is NC(=O)c1ncc2ccccc2c1N1CCNCC1C1CC1. The Labute approximate surface area is 129 Å². The molecule has 1 aliphatic heterocycles. The van der Waals surface area contributed by atoms with Crippen molar-refractivity contribution in [1.29, 1.82) is 0 Å². The van der Waals surface area contributed by atoms with Gasteiger partial charge in [-0.05, 0) is 18.8 Å². The molecule has 22 heavy (non-hydrogen) atoms. The first-order chi connectivity index (χ1) is 10.8. The van der Waals surface area contributed by atoms with Gasteiger partial charge in [-0.2, -0.15) is 0 Å². The number of rotatable bonds is 3. The number of pyridine rings is 1. The lowest BCUT2D eigenvalue weighted by molar-refractivity contribution is 0.0996. The molecule has 2 aromatic rings. The zero-order valence-electron chi connectivity index (χ0n) is 12.5. The van der Waals surface area contributed by atoms with E-state index in [1.165, 1.54) is 12.8 Å². The number of hydrogen-bond donors (Lipinski definition) is 2. The summed E-state index contributed by atoms with van der Waals surface area (Å²) in [6.07, 6.45) is 4.28. The minimum absolute atomic E-state index is 0.395. The van der Waals surface area contributed by atoms with E-state index in [1.807, 2.05) is 18.2 Å². The highest BCUT2D eigenvalue weighted by Crippen LogP contribution is 2.40. The van der Waals surface area contributed by atoms with Crippen LogP contribution in [0.1, 0.15) is 23.3 Å². The van der Waals surface area contributed by atoms with Crippen molar-refractivity contribution in [2.24, 2.45) is 11.7 Å². The van der Waals surface area contributed by atoms with E-state index in [4.69, 9.17) is 5.73 Å². The third-order valence-electron chi connectivity index (χ3n) is 4.74. The van der Waals surface area contributed by atoms with Crippen LogP contribution in [0.25, 0.3) is 10.8 Å². The number of hydrogen-bond acceptors (Lipinski definition) is 4. The molecule has 1 unspecified atom stereocenters. The molecule has 1 saturated heterocycles. The Morgan fingerprint density at radius 3 is 2.91 bits per heavy atom. The van der Waals surface area contributed by atoms with Crippen molar-refractivity contribution in [3.8, 4) is 0 Å². The Bertz CT molecular complexity index is 726. The zero-order chi connectivity index (χ0) is 15.1. The van der Waals surface area contributed by atoms with Crippen molar-refractivity contribution in [2.45, 2.75) is 18.9 Å². The molecular formula is C17H20N4O. The summed E-state index contributed by atoms with van der Waals surface area (Å²) in [4.78, 5) is 18.6. The number of nitrogens with one attached hydrogen (secondary N) is 1. The lowest BCUT2D eigenvalue weighted by atomic mass is 10.0. The van der Waals surface area contributed by atoms with E-state index in [2.05, 4.69) is 21.3 Å². The summed E-state index contributed by atoms with van der Waals surface area (Å²) >= 11 is 0. The van der Waals surface area contributed by atoms with Gasteiger partial charge in [0.2, 0.25) is 0 Å². The zero-order valence-corrected chi connectivity index (χ0v) is 12.5. The molecule has 1 saturated carbocycles. The number of nitrogens with two attached hydrogens (primary N) is 1. The lowest BCUT2D eigenvalue weighted by Crippen LogP contribution is -2.53. The first-order valence-electron chi connectivity index (χ1n) is 7.90. The number of primary amides is 1. The fraction of sp³-hybridized carbons (Fsp3) is 0.412. The quantitative estimate of drug-likeness (QED) is 0.901. The molecule has 114 valence electrons. The monoisotopic (exact) mass is 296 g/mol. The second kappa shape index (κ2) is 5.25. The van der Waals surface area contributed by atoms with Crippen LogP contribution in [0.5, 0.6) is 0 Å². The maximum absolute atomic E-state index is 11.9. The van der Waals surface area contributed by atoms with E-state index in [0.717, 1.165) is 36.1 Å². The Morgan fingerprint density at radius 2 is 2.14 bits per heavy atom. The standard InChI is InChI=1S/C17H20N4O/c18-17(22)15-16(13-4-2-1-3-12(13)9-20-15)21-8-7-19-10-14(21)11-5-6-11/h1-4,9,11,14,19H,5-8,10H2,(H2,18,22). The van der Waals surface area contributed by atoms with Crippen LogP contribution >= 0.6 is 0 Å². The van der Waals surface area contributed by atoms with Crippen molar-refractivity contribution in [3.05, 3.63) is 36.2 Å². The molecule has 4 rings (SSSR count). The van der Waals surface area contributed by atoms with Gasteiger partial charge >= 0.3 is 0 Å². The molecule has 0 bridgehead atoms. The number of amides is 1. The molecule has 1 amide bonds. The van der Waals surface area contributed by atoms with E-state index in [1.54, 1.807) is 6.20 Å². The number of carbonyl (C=O) groups is 1. The summed E-state index contributed by atoms with van der Waals surface area (Å²) in [6, 6.07) is 8.52. The van der Waals surface area contributed by atoms with Gasteiger partial charge in [0.25, 0.3) is 5.91 Å². The molecule has 2 fully saturated rings. The van der Waals surface area contributed by atoms with Gasteiger partial charge in [-0.25, -0.2) is 4.98 Å². The van der Waals surface area contributed by atoms with Gasteiger partial charge in [-0.3, -0.25) is 4.79 Å². The topological polar surface area (TPSA) is 71.2 Å². The van der Waals surface area contributed by atoms with Crippen LogP contribution in [0.4, 0.5) is 5.69 Å². The third kappa shape index (κ3) is 2.22. The summed E-state index contributed by atoms with van der Waals surface area (Å²) in [5, 5.41) is 5.59. The maximum atomic E-state index is 11.9. The van der Waals surface area contributed by atoms with Crippen LogP contribution in [0.3, 0.4) is 0 Å². The highest BCUT2D eigenvalue weighted by Gasteiger charge is 2.38. The van der Waals surface area contributed by atoms with Crippen molar-refractivity contribution in [2.75, 3.05) is 24.5 Å². The molecule has 1 aromatic carbocycles. The predicted molar refractivity (Wildman–Crippen MR) is 87.0 cm³/mol. The molecular weight excluding hydrogens is 276 g/mol. The fourth-order valence-corrected chi connectivity index (χ4v) is 3.52. The largest absolute Gasteiger partial charge is 0.364 e. The number of carbonyl (C=O) groups excluding carboxylic acids is 1. The molecule has 5 nitrogen and oxygen atoms in total. The van der Waals surface area contributed by atoms with Crippen molar-refractivity contribution in [1.82, 2.24) is 10.3 Å². The van der Waals surface area contributed by atoms with E-state index >= 15 is 0 Å². The molecule has 0 radical (unpaired) electrons. The van der Waals surface area contributed by atoms with E-state index < -0.39 is 5.91 Å². The van der Waals surface area contributed by atoms with Gasteiger partial charge in [-0.1, -0.05) is 24.3 Å². The summed E-state index contributed by atoms with van der Waals surface area (Å²) in [5.41, 5.74) is 6.92. The van der Waals surface area contributed by atoms with Crippen LogP contribution in [0, 0.1) is 5.92 Å². The van der Waals surface area contributed by atoms with Crippen LogP contribution in [-0.2, 0) is 0 Å². The number of benzene rings is 1. The number of nitrogens with zero attached hydrogens (tertiary/aromatic N) is 2. The summed E-state index contributed by atoms with van der Waals surface area (Å²) in [6.45, 7) is 2.77. The molecule has 2 aliphatic rings. The van der Waals surface area contributed by atoms with Crippen LogP contribution < -0.4 is 16.0 Å². The second-order valence-corrected chi connectivity index (χ2v) is 6.21. The molecule has 1 aliphatic carbocycles. The molecule has 1 atom stereocenters. The summed E-state index contributed by atoms with van der Waals surface area (Å²) in [7, 11) is 0. The van der Waals surface area contributed by atoms with Crippen molar-refractivity contribution < 1.29 is 4.79 Å². The third-order valence-corrected chi connectivity index (χ3v) is 4.74. The minimum Gasteiger partial charge on any atom is -0.364 e. The molecule has 5 heteroatoms. The number of fused-ring (bicyclic) bond motifs is 1. The Kier molecular flexibility index (Phi) is 3.22. The normalized spacial score (nSPS) is 22.0. The summed E-state index contributed by atoms with van der Waals surface area (Å²) < 4.78 is 0. The average Bonchev–Trinajstić information content (AvgIpc) is 3.38. The highest BCUT2D eigenvalue weighted by atomic mass is 16.1. The van der Waals surface area contributed by atoms with E-state index in [0.29, 0.717) is 17.7 Å². The van der Waals surface area contributed by atoms with Gasteiger partial charge in [0.15, 0.2) is 5.69 Å². The van der Waals surface area contributed by atoms with Crippen LogP contribution in [-0.4, -0.2) is 36.6 Å². The summed E-state index contributed by atoms with van der Waals surface area (Å²) in [5.74, 6) is 0.265. The molecule has 1 aromatic heterocycles. The van der Waals surface area contributed by atoms with Crippen LogP contribution in [0.2, 0.25) is 0 Å². The first-order valence-corrected chi connectivity index (χ1v) is 7.90. The lowest BCUT2D eigenvalue weighted by Gasteiger charge is -2.39. The smallest absolute Gasteiger partial charge is 0.269 e. The maximum Gasteiger partial charge on any atom is 0.269 e. The number of aromatic nitrogens is 1. The molecule has 3 N–H and O–H groups in total. The highest BCUT2D eigenvalue weighted by molar-refractivity contribution is 6.06. The first kappa shape index (κ1) is 13.5. The van der Waals surface area contributed by atoms with Crippen molar-refractivity contribution in [3.63, 3.8) is 0 Å². The minimum atomic E-state index is -0.450. The van der Waals surface area contributed by atoms with Gasteiger partial charge < -0.3 is 16.0 Å². The Hall–Kier alpha value is -2.14. The van der Waals surface area contributed by atoms with Gasteiger partial charge in [-0.15, -0.1) is 0 Å². The van der Waals surface area contributed by atoms with Crippen LogP contribution in [0.15, 0.2) is 30.5 Å². The Balaban J connectivity index is 1.90. The number of anilines is 1. The van der Waals surface area contributed by atoms with E-state index in [-0.39, 0.29) is 0 Å². The van der Waals surface area contributed by atoms with Gasteiger partial charge in [0.05, 0.1) is 5.69 Å². The second-order valence-electron chi connectivity index (χ2n) is 6.21. The Morgan fingerprint density at radius 1 is 1.32 bits per heavy atom.